The summed E-state index contributed by atoms with van der Waals surface area (Å²) in [5, 5.41) is 16.4. The number of anilines is 1. The number of benzene rings is 3. The van der Waals surface area contributed by atoms with Crippen molar-refractivity contribution in [2.45, 2.75) is 12.1 Å². The number of nitrogens with one attached hydrogen (secondary N) is 2. The minimum Gasteiger partial charge on any atom is -0.497 e. The first-order chi connectivity index (χ1) is 14.2. The molecular formula is C24H26ClN3O2. The van der Waals surface area contributed by atoms with E-state index in [1.165, 1.54) is 0 Å². The third kappa shape index (κ3) is 5.44. The van der Waals surface area contributed by atoms with Crippen LogP contribution in [0.1, 0.15) is 17.5 Å². The lowest BCUT2D eigenvalue weighted by Gasteiger charge is -2.37. The van der Waals surface area contributed by atoms with Crippen molar-refractivity contribution in [3.05, 3.63) is 90.0 Å². The molecule has 6 heteroatoms. The summed E-state index contributed by atoms with van der Waals surface area (Å²) in [6.45, 7) is 0.709. The van der Waals surface area contributed by atoms with E-state index < -0.39 is 5.72 Å². The zero-order chi connectivity index (χ0) is 20.5. The Hall–Kier alpha value is -3.20. The van der Waals surface area contributed by atoms with E-state index in [0.717, 1.165) is 11.3 Å². The van der Waals surface area contributed by atoms with Gasteiger partial charge in [0.05, 0.1) is 12.7 Å². The van der Waals surface area contributed by atoms with Gasteiger partial charge in [0.25, 0.3) is 0 Å². The molecule has 0 aliphatic rings. The van der Waals surface area contributed by atoms with Crippen molar-refractivity contribution in [1.29, 1.82) is 5.26 Å². The van der Waals surface area contributed by atoms with Gasteiger partial charge in [0.15, 0.2) is 0 Å². The van der Waals surface area contributed by atoms with E-state index in [2.05, 4.69) is 16.7 Å². The van der Waals surface area contributed by atoms with Crippen LogP contribution in [-0.2, 0) is 5.72 Å². The van der Waals surface area contributed by atoms with Crippen molar-refractivity contribution in [2.75, 3.05) is 26.0 Å². The molecule has 1 atom stereocenters. The lowest BCUT2D eigenvalue weighted by Crippen LogP contribution is -2.43. The number of hydrogen-bond donors (Lipinski definition) is 2. The molecule has 0 aliphatic carbocycles. The second-order valence-electron chi connectivity index (χ2n) is 6.61. The second-order valence-corrected chi connectivity index (χ2v) is 6.61. The molecule has 3 aromatic carbocycles. The van der Waals surface area contributed by atoms with E-state index >= 15 is 0 Å². The van der Waals surface area contributed by atoms with Crippen LogP contribution in [0.5, 0.6) is 11.5 Å². The highest BCUT2D eigenvalue weighted by atomic mass is 35.5. The van der Waals surface area contributed by atoms with Crippen LogP contribution in [0.4, 0.5) is 5.69 Å². The molecule has 0 bridgehead atoms. The van der Waals surface area contributed by atoms with Gasteiger partial charge in [-0.15, -0.1) is 12.4 Å². The van der Waals surface area contributed by atoms with E-state index in [9.17, 15) is 5.26 Å². The van der Waals surface area contributed by atoms with Crippen LogP contribution in [0.25, 0.3) is 0 Å². The topological polar surface area (TPSA) is 66.3 Å². The molecule has 30 heavy (non-hydrogen) atoms. The summed E-state index contributed by atoms with van der Waals surface area (Å²) in [7, 11) is 3.50. The van der Waals surface area contributed by atoms with E-state index in [0.29, 0.717) is 30.0 Å². The number of rotatable bonds is 9. The van der Waals surface area contributed by atoms with Gasteiger partial charge in [-0.2, -0.15) is 5.26 Å². The van der Waals surface area contributed by atoms with Crippen molar-refractivity contribution in [1.82, 2.24) is 5.32 Å². The summed E-state index contributed by atoms with van der Waals surface area (Å²) >= 11 is 0. The smallest absolute Gasteiger partial charge is 0.208 e. The van der Waals surface area contributed by atoms with Crippen LogP contribution < -0.4 is 20.1 Å². The summed E-state index contributed by atoms with van der Waals surface area (Å²) in [5.74, 6) is 1.10. The molecule has 0 amide bonds. The number of nitriles is 1. The zero-order valence-electron chi connectivity index (χ0n) is 17.1. The van der Waals surface area contributed by atoms with E-state index in [-0.39, 0.29) is 12.4 Å². The Morgan fingerprint density at radius 1 is 0.967 bits per heavy atom. The molecule has 156 valence electrons. The number of methoxy groups -OCH3 is 1. The second kappa shape index (κ2) is 11.1. The van der Waals surface area contributed by atoms with E-state index in [1.54, 1.807) is 25.3 Å². The molecule has 0 saturated carbocycles. The average Bonchev–Trinajstić information content (AvgIpc) is 2.78. The first-order valence-electron chi connectivity index (χ1n) is 9.51. The predicted molar refractivity (Wildman–Crippen MR) is 122 cm³/mol. The van der Waals surface area contributed by atoms with Gasteiger partial charge in [0.2, 0.25) is 5.72 Å². The quantitative estimate of drug-likeness (QED) is 0.477. The number of hydrogen-bond acceptors (Lipinski definition) is 5. The molecule has 0 aromatic heterocycles. The third-order valence-corrected chi connectivity index (χ3v) is 4.68. The van der Waals surface area contributed by atoms with Crippen molar-refractivity contribution >= 4 is 18.1 Å². The molecule has 0 saturated heterocycles. The van der Waals surface area contributed by atoms with Crippen LogP contribution >= 0.6 is 12.4 Å². The molecule has 0 spiro atoms. The molecule has 0 radical (unpaired) electrons. The van der Waals surface area contributed by atoms with Crippen LogP contribution in [-0.4, -0.2) is 20.7 Å². The van der Waals surface area contributed by atoms with Crippen LogP contribution in [0.3, 0.4) is 0 Å². The summed E-state index contributed by atoms with van der Waals surface area (Å²) in [5.41, 5.74) is 1.45. The molecule has 2 N–H and O–H groups in total. The summed E-state index contributed by atoms with van der Waals surface area (Å²) in [6, 6.07) is 27.3. The number of para-hydroxylation sites is 1. The molecule has 5 nitrogen and oxygen atoms in total. The maximum Gasteiger partial charge on any atom is 0.208 e. The van der Waals surface area contributed by atoms with Crippen molar-refractivity contribution in [2.24, 2.45) is 0 Å². The fourth-order valence-electron chi connectivity index (χ4n) is 3.17. The summed E-state index contributed by atoms with van der Waals surface area (Å²) in [4.78, 5) is 0. The number of ether oxygens (including phenoxy) is 2. The van der Waals surface area contributed by atoms with Crippen LogP contribution in [0.2, 0.25) is 0 Å². The molecule has 1 unspecified atom stereocenters. The Morgan fingerprint density at radius 3 is 2.23 bits per heavy atom. The van der Waals surface area contributed by atoms with Crippen molar-refractivity contribution < 1.29 is 9.47 Å². The molecule has 0 heterocycles. The number of halogens is 1. The van der Waals surface area contributed by atoms with Crippen LogP contribution in [0.15, 0.2) is 78.9 Å². The largest absolute Gasteiger partial charge is 0.497 e. The molecule has 0 fully saturated rings. The number of nitrogens with zero attached hydrogens (tertiary/aromatic N) is 1. The normalized spacial score (nSPS) is 12.0. The predicted octanol–water partition coefficient (Wildman–Crippen LogP) is 4.94. The van der Waals surface area contributed by atoms with Crippen molar-refractivity contribution in [3.8, 4) is 17.6 Å². The van der Waals surface area contributed by atoms with Gasteiger partial charge in [-0.25, -0.2) is 0 Å². The van der Waals surface area contributed by atoms with Gasteiger partial charge < -0.3 is 20.1 Å². The Labute approximate surface area is 184 Å². The fraction of sp³-hybridized carbons (Fsp3) is 0.208. The molecule has 3 rings (SSSR count). The van der Waals surface area contributed by atoms with Gasteiger partial charge in [0.1, 0.15) is 17.6 Å². The zero-order valence-corrected chi connectivity index (χ0v) is 17.9. The van der Waals surface area contributed by atoms with Crippen LogP contribution in [0, 0.1) is 11.3 Å². The first kappa shape index (κ1) is 23.1. The maximum atomic E-state index is 9.61. The first-order valence-corrected chi connectivity index (χ1v) is 9.51. The van der Waals surface area contributed by atoms with E-state index in [4.69, 9.17) is 9.47 Å². The highest BCUT2D eigenvalue weighted by Crippen LogP contribution is 2.36. The Morgan fingerprint density at radius 2 is 1.63 bits per heavy atom. The lowest BCUT2D eigenvalue weighted by molar-refractivity contribution is 0.0869. The van der Waals surface area contributed by atoms with Gasteiger partial charge in [0, 0.05) is 30.3 Å². The van der Waals surface area contributed by atoms with Gasteiger partial charge in [-0.3, -0.25) is 0 Å². The molecule has 0 aliphatic heterocycles. The molecular weight excluding hydrogens is 398 g/mol. The Kier molecular flexibility index (Phi) is 8.54. The monoisotopic (exact) mass is 423 g/mol. The lowest BCUT2D eigenvalue weighted by atomic mass is 9.97. The molecule has 3 aromatic rings. The fourth-order valence-corrected chi connectivity index (χ4v) is 3.17. The summed E-state index contributed by atoms with van der Waals surface area (Å²) < 4.78 is 12.0. The Balaban J connectivity index is 0.00000320. The third-order valence-electron chi connectivity index (χ3n) is 4.68. The highest BCUT2D eigenvalue weighted by molar-refractivity contribution is 5.85. The maximum absolute atomic E-state index is 9.61. The highest BCUT2D eigenvalue weighted by Gasteiger charge is 2.35. The minimum atomic E-state index is -0.885. The van der Waals surface area contributed by atoms with Crippen molar-refractivity contribution in [3.63, 3.8) is 0 Å². The van der Waals surface area contributed by atoms with Gasteiger partial charge in [-0.05, 0) is 31.3 Å². The SMILES string of the molecule is CNCCC(Nc1ccccc1)(Oc1cc(OC)ccc1C#N)c1ccccc1.Cl. The van der Waals surface area contributed by atoms with Gasteiger partial charge in [-0.1, -0.05) is 48.5 Å². The Bertz CT molecular complexity index is 961. The van der Waals surface area contributed by atoms with E-state index in [1.807, 2.05) is 67.7 Å². The average molecular weight is 424 g/mol. The minimum absolute atomic E-state index is 0. The standard InChI is InChI=1S/C24H25N3O2.ClH/c1-26-16-15-24(20-9-5-3-6-10-20,27-21-11-7-4-8-12-21)29-23-17-22(28-2)14-13-19(23)18-25;/h3-14,17,26-27H,15-16H2,1-2H3;1H. The van der Waals surface area contributed by atoms with Gasteiger partial charge >= 0.3 is 0 Å². The summed E-state index contributed by atoms with van der Waals surface area (Å²) in [6.07, 6.45) is 0.629.